The molecule has 0 aromatic rings. The predicted octanol–water partition coefficient (Wildman–Crippen LogP) is 2.67. The second-order valence-electron chi connectivity index (χ2n) is 7.58. The van der Waals surface area contributed by atoms with Crippen LogP contribution in [0.15, 0.2) is 0 Å². The Morgan fingerprint density at radius 2 is 1.55 bits per heavy atom. The smallest absolute Gasteiger partial charge is 0.236 e. The van der Waals surface area contributed by atoms with Gasteiger partial charge >= 0.3 is 0 Å². The molecule has 0 N–H and O–H groups in total. The molecule has 0 unspecified atom stereocenters. The molecule has 0 radical (unpaired) electrons. The molecule has 3 rings (SSSR count). The highest BCUT2D eigenvalue weighted by Crippen LogP contribution is 2.39. The molecule has 3 heterocycles. The summed E-state index contributed by atoms with van der Waals surface area (Å²) in [6, 6.07) is 0. The molecule has 3 aliphatic heterocycles. The van der Waals surface area contributed by atoms with Crippen molar-refractivity contribution in [2.24, 2.45) is 5.41 Å². The van der Waals surface area contributed by atoms with Gasteiger partial charge in [0.2, 0.25) is 5.91 Å². The Bertz CT molecular complexity index is 353. The second-order valence-corrected chi connectivity index (χ2v) is 7.58. The Hall–Kier alpha value is -0.610. The number of nitrogens with zero attached hydrogens (tertiary/aromatic N) is 2. The van der Waals surface area contributed by atoms with Crippen LogP contribution in [0.3, 0.4) is 0 Å². The zero-order valence-electron chi connectivity index (χ0n) is 14.0. The number of hydrogen-bond acceptors (Lipinski definition) is 3. The summed E-state index contributed by atoms with van der Waals surface area (Å²) in [4.78, 5) is 17.3. The van der Waals surface area contributed by atoms with Gasteiger partial charge in [-0.1, -0.05) is 19.3 Å². The molecular weight excluding hydrogens is 276 g/mol. The summed E-state index contributed by atoms with van der Waals surface area (Å²) in [6.45, 7) is 6.57. The van der Waals surface area contributed by atoms with Crippen LogP contribution >= 0.6 is 0 Å². The highest BCUT2D eigenvalue weighted by atomic mass is 16.5. The van der Waals surface area contributed by atoms with Crippen LogP contribution in [0.2, 0.25) is 0 Å². The van der Waals surface area contributed by atoms with Gasteiger partial charge in [-0.25, -0.2) is 0 Å². The summed E-state index contributed by atoms with van der Waals surface area (Å²) >= 11 is 0. The van der Waals surface area contributed by atoms with E-state index in [1.807, 2.05) is 0 Å². The van der Waals surface area contributed by atoms with E-state index in [-0.39, 0.29) is 0 Å². The monoisotopic (exact) mass is 308 g/mol. The van der Waals surface area contributed by atoms with Crippen LogP contribution in [0, 0.1) is 5.41 Å². The van der Waals surface area contributed by atoms with Crippen molar-refractivity contribution >= 4 is 5.91 Å². The lowest BCUT2D eigenvalue weighted by molar-refractivity contribution is -0.138. The minimum absolute atomic E-state index is 0.364. The van der Waals surface area contributed by atoms with E-state index >= 15 is 0 Å². The zero-order chi connectivity index (χ0) is 15.3. The van der Waals surface area contributed by atoms with E-state index in [9.17, 15) is 4.79 Å². The molecule has 22 heavy (non-hydrogen) atoms. The van der Waals surface area contributed by atoms with E-state index < -0.39 is 0 Å². The number of rotatable bonds is 2. The Labute approximate surface area is 135 Å². The summed E-state index contributed by atoms with van der Waals surface area (Å²) in [5.74, 6) is 0.367. The minimum Gasteiger partial charge on any atom is -0.381 e. The van der Waals surface area contributed by atoms with Gasteiger partial charge in [0.15, 0.2) is 0 Å². The van der Waals surface area contributed by atoms with Gasteiger partial charge in [0.05, 0.1) is 6.54 Å². The fourth-order valence-electron chi connectivity index (χ4n) is 4.40. The van der Waals surface area contributed by atoms with E-state index in [4.69, 9.17) is 4.74 Å². The summed E-state index contributed by atoms with van der Waals surface area (Å²) in [5, 5.41) is 0. The first kappa shape index (κ1) is 16.3. The highest BCUT2D eigenvalue weighted by Gasteiger charge is 2.38. The Morgan fingerprint density at radius 1 is 0.864 bits per heavy atom. The third kappa shape index (κ3) is 4.23. The number of hydrogen-bond donors (Lipinski definition) is 0. The van der Waals surface area contributed by atoms with Gasteiger partial charge in [-0.2, -0.15) is 0 Å². The first-order valence-corrected chi connectivity index (χ1v) is 9.35. The Balaban J connectivity index is 1.52. The first-order chi connectivity index (χ1) is 10.8. The van der Waals surface area contributed by atoms with Gasteiger partial charge < -0.3 is 9.64 Å². The summed E-state index contributed by atoms with van der Waals surface area (Å²) < 4.78 is 5.53. The molecule has 0 aromatic heterocycles. The van der Waals surface area contributed by atoms with Crippen molar-refractivity contribution in [1.29, 1.82) is 0 Å². The summed E-state index contributed by atoms with van der Waals surface area (Å²) in [6.07, 6.45) is 11.3. The summed E-state index contributed by atoms with van der Waals surface area (Å²) in [5.41, 5.74) is 0.364. The molecule has 3 aliphatic rings. The maximum absolute atomic E-state index is 12.7. The lowest BCUT2D eigenvalue weighted by Crippen LogP contribution is -2.51. The number of piperidine rings is 1. The molecule has 3 fully saturated rings. The molecule has 126 valence electrons. The largest absolute Gasteiger partial charge is 0.381 e. The van der Waals surface area contributed by atoms with E-state index in [0.717, 1.165) is 52.2 Å². The fraction of sp³-hybridized carbons (Fsp3) is 0.944. The van der Waals surface area contributed by atoms with Crippen LogP contribution in [0.5, 0.6) is 0 Å². The zero-order valence-corrected chi connectivity index (χ0v) is 14.0. The summed E-state index contributed by atoms with van der Waals surface area (Å²) in [7, 11) is 0. The van der Waals surface area contributed by atoms with Crippen molar-refractivity contribution in [2.45, 2.75) is 57.8 Å². The van der Waals surface area contributed by atoms with Gasteiger partial charge in [0, 0.05) is 26.3 Å². The van der Waals surface area contributed by atoms with E-state index in [2.05, 4.69) is 9.80 Å². The third-order valence-corrected chi connectivity index (χ3v) is 5.88. The first-order valence-electron chi connectivity index (χ1n) is 9.35. The van der Waals surface area contributed by atoms with Crippen molar-refractivity contribution < 1.29 is 9.53 Å². The van der Waals surface area contributed by atoms with E-state index in [1.54, 1.807) is 0 Å². The molecule has 4 nitrogen and oxygen atoms in total. The maximum atomic E-state index is 12.7. The molecular formula is C18H32N2O2. The fourth-order valence-corrected chi connectivity index (χ4v) is 4.40. The molecule has 0 bridgehead atoms. The Morgan fingerprint density at radius 3 is 2.27 bits per heavy atom. The molecule has 0 saturated carbocycles. The minimum atomic E-state index is 0.364. The van der Waals surface area contributed by atoms with Crippen LogP contribution in [-0.4, -0.2) is 61.6 Å². The normalized spacial score (nSPS) is 27.4. The SMILES string of the molecule is O=C(CN1CCCCCCC1)N1CCCC2(CCOCC2)C1. The van der Waals surface area contributed by atoms with Crippen LogP contribution in [0.4, 0.5) is 0 Å². The van der Waals surface area contributed by atoms with E-state index in [0.29, 0.717) is 17.9 Å². The van der Waals surface area contributed by atoms with E-state index in [1.165, 1.54) is 44.9 Å². The number of carbonyl (C=O) groups is 1. The van der Waals surface area contributed by atoms with Gasteiger partial charge in [-0.15, -0.1) is 0 Å². The standard InChI is InChI=1S/C18H32N2O2/c21-17(15-19-10-4-2-1-3-5-11-19)20-12-6-7-18(16-20)8-13-22-14-9-18/h1-16H2. The number of likely N-dealkylation sites (tertiary alicyclic amines) is 2. The van der Waals surface area contributed by atoms with Crippen molar-refractivity contribution in [3.63, 3.8) is 0 Å². The number of carbonyl (C=O) groups excluding carboxylic acids is 1. The van der Waals surface area contributed by atoms with Crippen LogP contribution < -0.4 is 0 Å². The molecule has 1 spiro atoms. The molecule has 1 amide bonds. The molecule has 0 aromatic carbocycles. The maximum Gasteiger partial charge on any atom is 0.236 e. The van der Waals surface area contributed by atoms with Crippen molar-refractivity contribution in [3.05, 3.63) is 0 Å². The van der Waals surface area contributed by atoms with Crippen LogP contribution in [-0.2, 0) is 9.53 Å². The second kappa shape index (κ2) is 7.78. The molecule has 0 atom stereocenters. The molecule has 0 aliphatic carbocycles. The number of amides is 1. The lowest BCUT2D eigenvalue weighted by Gasteiger charge is -2.45. The van der Waals surface area contributed by atoms with Crippen LogP contribution in [0.1, 0.15) is 57.8 Å². The van der Waals surface area contributed by atoms with Crippen LogP contribution in [0.25, 0.3) is 0 Å². The topological polar surface area (TPSA) is 32.8 Å². The quantitative estimate of drug-likeness (QED) is 0.786. The lowest BCUT2D eigenvalue weighted by atomic mass is 9.74. The molecule has 3 saturated heterocycles. The predicted molar refractivity (Wildman–Crippen MR) is 87.8 cm³/mol. The molecule has 4 heteroatoms. The Kier molecular flexibility index (Phi) is 5.75. The average Bonchev–Trinajstić information content (AvgIpc) is 2.50. The van der Waals surface area contributed by atoms with Crippen molar-refractivity contribution in [3.8, 4) is 0 Å². The highest BCUT2D eigenvalue weighted by molar-refractivity contribution is 5.78. The average molecular weight is 308 g/mol. The van der Waals surface area contributed by atoms with Gasteiger partial charge in [0.1, 0.15) is 0 Å². The van der Waals surface area contributed by atoms with Crippen molar-refractivity contribution in [1.82, 2.24) is 9.80 Å². The van der Waals surface area contributed by atoms with Gasteiger partial charge in [-0.3, -0.25) is 9.69 Å². The number of ether oxygens (including phenoxy) is 1. The van der Waals surface area contributed by atoms with Gasteiger partial charge in [0.25, 0.3) is 0 Å². The third-order valence-electron chi connectivity index (χ3n) is 5.88. The van der Waals surface area contributed by atoms with Crippen molar-refractivity contribution in [2.75, 3.05) is 45.9 Å². The van der Waals surface area contributed by atoms with Gasteiger partial charge in [-0.05, 0) is 57.0 Å².